The van der Waals surface area contributed by atoms with Crippen LogP contribution in [0.1, 0.15) is 13.3 Å². The van der Waals surface area contributed by atoms with Crippen LogP contribution in [0.25, 0.3) is 0 Å². The Balaban J connectivity index is 3.17. The zero-order chi connectivity index (χ0) is 13.8. The molecular formula is C12H17BrN2O2S. The minimum atomic E-state index is -3.49. The van der Waals surface area contributed by atoms with E-state index in [9.17, 15) is 8.42 Å². The van der Waals surface area contributed by atoms with Crippen LogP contribution in [0.2, 0.25) is 0 Å². The van der Waals surface area contributed by atoms with E-state index in [-0.39, 0.29) is 4.90 Å². The topological polar surface area (TPSA) is 63.4 Å². The first-order valence-corrected chi connectivity index (χ1v) is 7.82. The van der Waals surface area contributed by atoms with Crippen LogP contribution in [0, 0.1) is 0 Å². The summed E-state index contributed by atoms with van der Waals surface area (Å²) in [5.41, 5.74) is 6.17. The van der Waals surface area contributed by atoms with Crippen LogP contribution in [0.5, 0.6) is 0 Å². The molecule has 1 aromatic rings. The van der Waals surface area contributed by atoms with E-state index in [0.29, 0.717) is 23.2 Å². The summed E-state index contributed by atoms with van der Waals surface area (Å²) in [5, 5.41) is 0. The van der Waals surface area contributed by atoms with E-state index in [4.69, 9.17) is 5.73 Å². The Morgan fingerprint density at radius 2 is 2.17 bits per heavy atom. The van der Waals surface area contributed by atoms with Crippen molar-refractivity contribution in [1.29, 1.82) is 0 Å². The van der Waals surface area contributed by atoms with E-state index in [1.807, 2.05) is 6.92 Å². The number of rotatable bonds is 6. The molecule has 0 bridgehead atoms. The Morgan fingerprint density at radius 1 is 1.50 bits per heavy atom. The first kappa shape index (κ1) is 15.2. The van der Waals surface area contributed by atoms with Gasteiger partial charge in [-0.3, -0.25) is 0 Å². The molecule has 100 valence electrons. The molecule has 0 saturated heterocycles. The van der Waals surface area contributed by atoms with Crippen LogP contribution in [0.15, 0.2) is 40.2 Å². The first-order chi connectivity index (χ1) is 8.43. The molecule has 0 radical (unpaired) electrons. The lowest BCUT2D eigenvalue weighted by Gasteiger charge is -2.20. The summed E-state index contributed by atoms with van der Waals surface area (Å²) in [5.74, 6) is 0. The van der Waals surface area contributed by atoms with Crippen LogP contribution in [-0.4, -0.2) is 25.8 Å². The Kier molecular flexibility index (Phi) is 5.37. The van der Waals surface area contributed by atoms with Gasteiger partial charge in [-0.1, -0.05) is 13.0 Å². The van der Waals surface area contributed by atoms with E-state index in [1.165, 1.54) is 16.4 Å². The van der Waals surface area contributed by atoms with Crippen LogP contribution in [-0.2, 0) is 10.0 Å². The number of hydrogen-bond donors (Lipinski definition) is 1. The zero-order valence-corrected chi connectivity index (χ0v) is 12.7. The summed E-state index contributed by atoms with van der Waals surface area (Å²) in [7, 11) is -3.49. The highest BCUT2D eigenvalue weighted by molar-refractivity contribution is 9.10. The van der Waals surface area contributed by atoms with Gasteiger partial charge in [0, 0.05) is 23.2 Å². The van der Waals surface area contributed by atoms with Crippen molar-refractivity contribution in [3.05, 3.63) is 35.3 Å². The molecule has 0 fully saturated rings. The van der Waals surface area contributed by atoms with Crippen LogP contribution in [0.4, 0.5) is 5.69 Å². The fourth-order valence-corrected chi connectivity index (χ4v) is 3.58. The van der Waals surface area contributed by atoms with E-state index in [2.05, 4.69) is 22.5 Å². The molecule has 0 amide bonds. The van der Waals surface area contributed by atoms with Crippen molar-refractivity contribution in [3.63, 3.8) is 0 Å². The molecular weight excluding hydrogens is 316 g/mol. The van der Waals surface area contributed by atoms with Crippen molar-refractivity contribution < 1.29 is 8.42 Å². The molecule has 0 saturated carbocycles. The monoisotopic (exact) mass is 332 g/mol. The molecule has 2 N–H and O–H groups in total. The summed E-state index contributed by atoms with van der Waals surface area (Å²) in [6.07, 6.45) is 2.34. The Morgan fingerprint density at radius 3 is 2.67 bits per heavy atom. The number of benzene rings is 1. The summed E-state index contributed by atoms with van der Waals surface area (Å²) >= 11 is 3.24. The molecule has 1 rings (SSSR count). The summed E-state index contributed by atoms with van der Waals surface area (Å²) < 4.78 is 26.8. The van der Waals surface area contributed by atoms with Gasteiger partial charge < -0.3 is 5.73 Å². The number of nitrogen functional groups attached to an aromatic ring is 1. The molecule has 6 heteroatoms. The van der Waals surface area contributed by atoms with Gasteiger partial charge in [-0.25, -0.2) is 8.42 Å². The highest BCUT2D eigenvalue weighted by Crippen LogP contribution is 2.25. The third-order valence-electron chi connectivity index (χ3n) is 2.42. The van der Waals surface area contributed by atoms with Gasteiger partial charge in [0.25, 0.3) is 0 Å². The molecule has 0 atom stereocenters. The average molecular weight is 333 g/mol. The van der Waals surface area contributed by atoms with Gasteiger partial charge in [0.1, 0.15) is 0 Å². The van der Waals surface area contributed by atoms with Gasteiger partial charge in [0.2, 0.25) is 10.0 Å². The van der Waals surface area contributed by atoms with Crippen molar-refractivity contribution in [2.45, 2.75) is 18.2 Å². The summed E-state index contributed by atoms with van der Waals surface area (Å²) in [6.45, 7) is 6.29. The second-order valence-electron chi connectivity index (χ2n) is 3.84. The summed E-state index contributed by atoms with van der Waals surface area (Å²) in [6, 6.07) is 4.62. The predicted molar refractivity (Wildman–Crippen MR) is 77.8 cm³/mol. The molecule has 0 heterocycles. The molecule has 4 nitrogen and oxygen atoms in total. The quantitative estimate of drug-likeness (QED) is 0.643. The molecule has 18 heavy (non-hydrogen) atoms. The standard InChI is InChI=1S/C12H17BrN2O2S/c1-3-7-15(8-4-2)18(16,17)10-5-6-12(14)11(13)9-10/h3,5-6,9H,1,4,7-8,14H2,2H3. The second kappa shape index (κ2) is 6.36. The van der Waals surface area contributed by atoms with Crippen LogP contribution >= 0.6 is 15.9 Å². The molecule has 0 aliphatic rings. The number of anilines is 1. The number of sulfonamides is 1. The maximum absolute atomic E-state index is 12.4. The van der Waals surface area contributed by atoms with Crippen molar-refractivity contribution in [1.82, 2.24) is 4.31 Å². The largest absolute Gasteiger partial charge is 0.398 e. The fraction of sp³-hybridized carbons (Fsp3) is 0.333. The molecule has 0 aliphatic carbocycles. The minimum Gasteiger partial charge on any atom is -0.398 e. The van der Waals surface area contributed by atoms with Gasteiger partial charge in [-0.05, 0) is 40.5 Å². The number of halogens is 1. The summed E-state index contributed by atoms with van der Waals surface area (Å²) in [4.78, 5) is 0.235. The van der Waals surface area contributed by atoms with Crippen molar-refractivity contribution >= 4 is 31.6 Å². The van der Waals surface area contributed by atoms with Gasteiger partial charge in [-0.15, -0.1) is 6.58 Å². The predicted octanol–water partition coefficient (Wildman–Crippen LogP) is 2.62. The SMILES string of the molecule is C=CCN(CCC)S(=O)(=O)c1ccc(N)c(Br)c1. The molecule has 0 unspecified atom stereocenters. The highest BCUT2D eigenvalue weighted by atomic mass is 79.9. The number of hydrogen-bond acceptors (Lipinski definition) is 3. The lowest BCUT2D eigenvalue weighted by atomic mass is 10.3. The number of nitrogens with zero attached hydrogens (tertiary/aromatic N) is 1. The van der Waals surface area contributed by atoms with Gasteiger partial charge in [0.15, 0.2) is 0 Å². The van der Waals surface area contributed by atoms with Gasteiger partial charge >= 0.3 is 0 Å². The second-order valence-corrected chi connectivity index (χ2v) is 6.63. The van der Waals surface area contributed by atoms with E-state index < -0.39 is 10.0 Å². The van der Waals surface area contributed by atoms with E-state index >= 15 is 0 Å². The molecule has 1 aromatic carbocycles. The van der Waals surface area contributed by atoms with Gasteiger partial charge in [-0.2, -0.15) is 4.31 Å². The first-order valence-electron chi connectivity index (χ1n) is 5.59. The Hall–Kier alpha value is -0.850. The average Bonchev–Trinajstić information content (AvgIpc) is 2.32. The van der Waals surface area contributed by atoms with E-state index in [0.717, 1.165) is 6.42 Å². The third kappa shape index (κ3) is 3.34. The maximum atomic E-state index is 12.4. The zero-order valence-electron chi connectivity index (χ0n) is 10.3. The normalized spacial score (nSPS) is 11.7. The lowest BCUT2D eigenvalue weighted by Crippen LogP contribution is -2.32. The molecule has 0 aliphatic heterocycles. The van der Waals surface area contributed by atoms with Crippen molar-refractivity contribution in [2.24, 2.45) is 0 Å². The molecule has 0 spiro atoms. The smallest absolute Gasteiger partial charge is 0.243 e. The van der Waals surface area contributed by atoms with Crippen molar-refractivity contribution in [3.8, 4) is 0 Å². The fourth-order valence-electron chi connectivity index (χ4n) is 1.52. The third-order valence-corrected chi connectivity index (χ3v) is 4.96. The minimum absolute atomic E-state index is 0.235. The number of nitrogens with two attached hydrogens (primary N) is 1. The van der Waals surface area contributed by atoms with Crippen molar-refractivity contribution in [2.75, 3.05) is 18.8 Å². The molecule has 0 aromatic heterocycles. The maximum Gasteiger partial charge on any atom is 0.243 e. The Labute approximate surface area is 117 Å². The van der Waals surface area contributed by atoms with E-state index in [1.54, 1.807) is 12.1 Å². The van der Waals surface area contributed by atoms with Crippen LogP contribution < -0.4 is 5.73 Å². The Bertz CT molecular complexity index is 529. The van der Waals surface area contributed by atoms with Crippen LogP contribution in [0.3, 0.4) is 0 Å². The lowest BCUT2D eigenvalue weighted by molar-refractivity contribution is 0.441. The highest BCUT2D eigenvalue weighted by Gasteiger charge is 2.23. The van der Waals surface area contributed by atoms with Gasteiger partial charge in [0.05, 0.1) is 4.90 Å².